The van der Waals surface area contributed by atoms with E-state index >= 15 is 0 Å². The van der Waals surface area contributed by atoms with Gasteiger partial charge in [0.2, 0.25) is 0 Å². The number of carbonyl (C=O) groups excluding carboxylic acids is 1. The molecule has 0 aromatic heterocycles. The Morgan fingerprint density at radius 3 is 2.59 bits per heavy atom. The Balaban J connectivity index is 0.000000541. The fraction of sp³-hybridized carbons (Fsp3) is 0.500. The van der Waals surface area contributed by atoms with Gasteiger partial charge in [-0.15, -0.1) is 0 Å². The first-order chi connectivity index (χ1) is 10.3. The second-order valence-electron chi connectivity index (χ2n) is 5.53. The normalized spacial score (nSPS) is 15.9. The van der Waals surface area contributed by atoms with Gasteiger partial charge in [-0.1, -0.05) is 6.07 Å². The summed E-state index contributed by atoms with van der Waals surface area (Å²) in [5.41, 5.74) is 8.56. The van der Waals surface area contributed by atoms with Crippen molar-refractivity contribution in [1.29, 1.82) is 0 Å². The highest BCUT2D eigenvalue weighted by molar-refractivity contribution is 5.77. The molecular weight excluding hydrogens is 284 g/mol. The van der Waals surface area contributed by atoms with E-state index in [1.807, 2.05) is 12.1 Å². The molecule has 0 heterocycles. The fourth-order valence-corrected chi connectivity index (χ4v) is 2.13. The lowest BCUT2D eigenvalue weighted by Crippen LogP contribution is -2.28. The van der Waals surface area contributed by atoms with Gasteiger partial charge in [0, 0.05) is 27.1 Å². The molecule has 1 unspecified atom stereocenters. The van der Waals surface area contributed by atoms with Crippen molar-refractivity contribution >= 4 is 11.9 Å². The number of carboxylic acid groups (broad SMARTS) is 1. The molecule has 0 saturated carbocycles. The summed E-state index contributed by atoms with van der Waals surface area (Å²) in [7, 11) is 3.44. The second-order valence-corrected chi connectivity index (χ2v) is 5.53. The lowest BCUT2D eigenvalue weighted by Gasteiger charge is -2.22. The van der Waals surface area contributed by atoms with Crippen LogP contribution < -0.4 is 10.5 Å². The number of aliphatic carboxylic acids is 1. The quantitative estimate of drug-likeness (QED) is 0.871. The molecule has 0 fully saturated rings. The van der Waals surface area contributed by atoms with Crippen LogP contribution in [0.4, 0.5) is 0 Å². The van der Waals surface area contributed by atoms with Crippen LogP contribution in [0.2, 0.25) is 0 Å². The number of fused-ring (bicyclic) bond motifs is 1. The number of hydrogen-bond acceptors (Lipinski definition) is 4. The molecule has 0 radical (unpaired) electrons. The lowest BCUT2D eigenvalue weighted by molar-refractivity contribution is -0.134. The molecule has 3 N–H and O–H groups in total. The predicted octanol–water partition coefficient (Wildman–Crippen LogP) is 1.06. The number of rotatable bonds is 3. The summed E-state index contributed by atoms with van der Waals surface area (Å²) >= 11 is 0. The van der Waals surface area contributed by atoms with Gasteiger partial charge in [0.1, 0.15) is 5.75 Å². The Kier molecular flexibility index (Phi) is 6.85. The van der Waals surface area contributed by atoms with Crippen LogP contribution in [0.25, 0.3) is 0 Å². The van der Waals surface area contributed by atoms with Crippen molar-refractivity contribution in [2.24, 2.45) is 5.73 Å². The molecule has 6 nitrogen and oxygen atoms in total. The Hall–Kier alpha value is -2.08. The Labute approximate surface area is 130 Å². The largest absolute Gasteiger partial charge is 0.484 e. The molecule has 1 atom stereocenters. The van der Waals surface area contributed by atoms with Crippen LogP contribution in [-0.2, 0) is 22.4 Å². The zero-order valence-corrected chi connectivity index (χ0v) is 13.3. The Morgan fingerprint density at radius 1 is 1.36 bits per heavy atom. The summed E-state index contributed by atoms with van der Waals surface area (Å²) in [6.45, 7) is 1.16. The standard InChI is InChI=1S/C14H20N2O2.C2H4O2/c1-16(2)14(17)9-18-13-6-4-10-3-5-12(15)7-11(10)8-13;1-2(3)4/h4,6,8,12H,3,5,7,9,15H2,1-2H3;1H3,(H,3,4). The first-order valence-corrected chi connectivity index (χ1v) is 7.19. The Bertz CT molecular complexity index is 525. The van der Waals surface area contributed by atoms with Crippen molar-refractivity contribution in [3.05, 3.63) is 29.3 Å². The SMILES string of the molecule is CC(=O)O.CN(C)C(=O)COc1ccc2c(c1)CC(N)CC2. The summed E-state index contributed by atoms with van der Waals surface area (Å²) in [5, 5.41) is 7.42. The minimum Gasteiger partial charge on any atom is -0.484 e. The third-order valence-electron chi connectivity index (χ3n) is 3.31. The molecule has 0 bridgehead atoms. The van der Waals surface area contributed by atoms with Crippen LogP contribution in [0.1, 0.15) is 24.5 Å². The van der Waals surface area contributed by atoms with Gasteiger partial charge in [-0.2, -0.15) is 0 Å². The van der Waals surface area contributed by atoms with Crippen molar-refractivity contribution in [3.8, 4) is 5.75 Å². The van der Waals surface area contributed by atoms with Crippen molar-refractivity contribution in [3.63, 3.8) is 0 Å². The summed E-state index contributed by atoms with van der Waals surface area (Å²) in [4.78, 5) is 22.0. The van der Waals surface area contributed by atoms with Gasteiger partial charge in [-0.3, -0.25) is 9.59 Å². The van der Waals surface area contributed by atoms with Crippen LogP contribution in [0.5, 0.6) is 5.75 Å². The molecule has 22 heavy (non-hydrogen) atoms. The second kappa shape index (κ2) is 8.38. The summed E-state index contributed by atoms with van der Waals surface area (Å²) in [6.07, 6.45) is 2.98. The molecule has 1 amide bonds. The number of amides is 1. The summed E-state index contributed by atoms with van der Waals surface area (Å²) in [6, 6.07) is 6.27. The number of nitrogens with two attached hydrogens (primary N) is 1. The molecule has 1 aliphatic rings. The predicted molar refractivity (Wildman–Crippen MR) is 83.9 cm³/mol. The van der Waals surface area contributed by atoms with Gasteiger partial charge in [0.15, 0.2) is 6.61 Å². The van der Waals surface area contributed by atoms with Crippen molar-refractivity contribution in [2.45, 2.75) is 32.2 Å². The van der Waals surface area contributed by atoms with Crippen LogP contribution in [0.3, 0.4) is 0 Å². The first kappa shape index (κ1) is 18.0. The number of nitrogens with zero attached hydrogens (tertiary/aromatic N) is 1. The maximum Gasteiger partial charge on any atom is 0.300 e. The van der Waals surface area contributed by atoms with Gasteiger partial charge in [0.05, 0.1) is 0 Å². The zero-order valence-electron chi connectivity index (χ0n) is 13.3. The lowest BCUT2D eigenvalue weighted by atomic mass is 9.89. The average molecular weight is 308 g/mol. The minimum absolute atomic E-state index is 0.0376. The van der Waals surface area contributed by atoms with Crippen LogP contribution in [-0.4, -0.2) is 48.6 Å². The van der Waals surface area contributed by atoms with Gasteiger partial charge >= 0.3 is 0 Å². The Morgan fingerprint density at radius 2 is 2.00 bits per heavy atom. The summed E-state index contributed by atoms with van der Waals surface area (Å²) in [5.74, 6) is -0.123. The number of aryl methyl sites for hydroxylation is 1. The van der Waals surface area contributed by atoms with E-state index in [0.29, 0.717) is 0 Å². The van der Waals surface area contributed by atoms with E-state index in [1.165, 1.54) is 16.0 Å². The number of carboxylic acids is 1. The molecular formula is C16H24N2O4. The number of ether oxygens (including phenoxy) is 1. The molecule has 122 valence electrons. The van der Waals surface area contributed by atoms with E-state index in [1.54, 1.807) is 14.1 Å². The molecule has 0 spiro atoms. The first-order valence-electron chi connectivity index (χ1n) is 7.19. The van der Waals surface area contributed by atoms with E-state index in [-0.39, 0.29) is 18.6 Å². The van der Waals surface area contributed by atoms with E-state index in [4.69, 9.17) is 20.4 Å². The van der Waals surface area contributed by atoms with E-state index in [2.05, 4.69) is 6.07 Å². The highest BCUT2D eigenvalue weighted by Gasteiger charge is 2.16. The van der Waals surface area contributed by atoms with Crippen LogP contribution >= 0.6 is 0 Å². The molecule has 2 rings (SSSR count). The number of carbonyl (C=O) groups is 2. The van der Waals surface area contributed by atoms with Crippen molar-refractivity contribution in [2.75, 3.05) is 20.7 Å². The summed E-state index contributed by atoms with van der Waals surface area (Å²) < 4.78 is 5.50. The van der Waals surface area contributed by atoms with E-state index < -0.39 is 5.97 Å². The molecule has 0 aliphatic heterocycles. The van der Waals surface area contributed by atoms with Crippen LogP contribution in [0.15, 0.2) is 18.2 Å². The van der Waals surface area contributed by atoms with E-state index in [0.717, 1.165) is 31.9 Å². The average Bonchev–Trinajstić information content (AvgIpc) is 2.43. The smallest absolute Gasteiger partial charge is 0.300 e. The van der Waals surface area contributed by atoms with Crippen molar-refractivity contribution in [1.82, 2.24) is 4.90 Å². The number of benzene rings is 1. The van der Waals surface area contributed by atoms with Gasteiger partial charge in [-0.25, -0.2) is 0 Å². The van der Waals surface area contributed by atoms with Gasteiger partial charge in [-0.05, 0) is 42.5 Å². The molecule has 0 saturated heterocycles. The van der Waals surface area contributed by atoms with Gasteiger partial charge in [0.25, 0.3) is 11.9 Å². The monoisotopic (exact) mass is 308 g/mol. The molecule has 1 aromatic rings. The maximum absolute atomic E-state index is 11.4. The third-order valence-corrected chi connectivity index (χ3v) is 3.31. The highest BCUT2D eigenvalue weighted by atomic mass is 16.5. The maximum atomic E-state index is 11.4. The minimum atomic E-state index is -0.833. The fourth-order valence-electron chi connectivity index (χ4n) is 2.13. The van der Waals surface area contributed by atoms with Crippen LogP contribution in [0, 0.1) is 0 Å². The number of hydrogen-bond donors (Lipinski definition) is 2. The molecule has 6 heteroatoms. The molecule has 1 aliphatic carbocycles. The van der Waals surface area contributed by atoms with E-state index in [9.17, 15) is 4.79 Å². The number of likely N-dealkylation sites (N-methyl/N-ethyl adjacent to an activating group) is 1. The molecule has 1 aromatic carbocycles. The van der Waals surface area contributed by atoms with Crippen molar-refractivity contribution < 1.29 is 19.4 Å². The topological polar surface area (TPSA) is 92.9 Å². The zero-order chi connectivity index (χ0) is 16.7. The highest BCUT2D eigenvalue weighted by Crippen LogP contribution is 2.25. The third kappa shape index (κ3) is 6.13. The van der Waals surface area contributed by atoms with Gasteiger partial charge < -0.3 is 20.5 Å².